The van der Waals surface area contributed by atoms with Crippen LogP contribution in [0.25, 0.3) is 22.2 Å². The molecule has 270 valence electrons. The number of amides is 2. The summed E-state index contributed by atoms with van der Waals surface area (Å²) < 4.78 is 22.5. The van der Waals surface area contributed by atoms with Gasteiger partial charge in [0.05, 0.1) is 17.3 Å². The SMILES string of the molecule is CCc1nc2c(cnn2CC)c(NC2CCOCC2)c1CNC(=O)CCC(=O)NCc1ccc(F)c(-c2cccc(CN3C[C@@H]4C[C@H]3CN4)c2)c1. The van der Waals surface area contributed by atoms with Gasteiger partial charge in [-0.25, -0.2) is 14.1 Å². The lowest BCUT2D eigenvalue weighted by atomic mass is 10.00. The topological polar surface area (TPSA) is 125 Å². The third kappa shape index (κ3) is 8.08. The second kappa shape index (κ2) is 15.9. The van der Waals surface area contributed by atoms with Gasteiger partial charge in [-0.15, -0.1) is 0 Å². The van der Waals surface area contributed by atoms with Gasteiger partial charge >= 0.3 is 0 Å². The van der Waals surface area contributed by atoms with Gasteiger partial charge in [-0.3, -0.25) is 14.5 Å². The molecule has 3 fully saturated rings. The Bertz CT molecular complexity index is 1870. The highest BCUT2D eigenvalue weighted by molar-refractivity contribution is 5.92. The summed E-state index contributed by atoms with van der Waals surface area (Å²) in [5.74, 6) is -0.747. The molecule has 0 saturated carbocycles. The number of halogens is 1. The van der Waals surface area contributed by atoms with Gasteiger partial charge in [0.1, 0.15) is 5.82 Å². The first kappa shape index (κ1) is 35.0. The van der Waals surface area contributed by atoms with Crippen LogP contribution in [0.1, 0.15) is 68.3 Å². The Kier molecular flexibility index (Phi) is 10.9. The molecular weight excluding hydrogens is 647 g/mol. The number of rotatable bonds is 14. The van der Waals surface area contributed by atoms with Gasteiger partial charge in [-0.05, 0) is 67.5 Å². The number of likely N-dealkylation sites (tertiary alicyclic amines) is 1. The van der Waals surface area contributed by atoms with Crippen molar-refractivity contribution in [3.8, 4) is 11.1 Å². The lowest BCUT2D eigenvalue weighted by molar-refractivity contribution is -0.126. The lowest BCUT2D eigenvalue weighted by Crippen LogP contribution is -2.42. The largest absolute Gasteiger partial charge is 0.381 e. The van der Waals surface area contributed by atoms with E-state index in [0.717, 1.165) is 71.6 Å². The predicted molar refractivity (Wildman–Crippen MR) is 195 cm³/mol. The monoisotopic (exact) mass is 696 g/mol. The maximum atomic E-state index is 15.0. The Labute approximate surface area is 298 Å². The summed E-state index contributed by atoms with van der Waals surface area (Å²) in [4.78, 5) is 33.3. The third-order valence-electron chi connectivity index (χ3n) is 10.5. The summed E-state index contributed by atoms with van der Waals surface area (Å²) in [7, 11) is 0. The molecule has 2 aromatic carbocycles. The van der Waals surface area contributed by atoms with Crippen LogP contribution in [-0.2, 0) is 46.9 Å². The Morgan fingerprint density at radius 1 is 1.02 bits per heavy atom. The quantitative estimate of drug-likeness (QED) is 0.150. The van der Waals surface area contributed by atoms with Crippen molar-refractivity contribution in [3.05, 3.63) is 76.9 Å². The minimum absolute atomic E-state index is 0.0458. The fraction of sp³-hybridized carbons (Fsp3) is 0.487. The minimum atomic E-state index is -0.297. The lowest BCUT2D eigenvalue weighted by Gasteiger charge is -2.27. The normalized spacial score (nSPS) is 19.1. The highest BCUT2D eigenvalue weighted by Gasteiger charge is 2.37. The fourth-order valence-electron chi connectivity index (χ4n) is 7.71. The molecule has 51 heavy (non-hydrogen) atoms. The van der Waals surface area contributed by atoms with E-state index < -0.39 is 0 Å². The summed E-state index contributed by atoms with van der Waals surface area (Å²) in [6, 6.07) is 14.4. The van der Waals surface area contributed by atoms with Crippen molar-refractivity contribution in [2.45, 2.75) is 96.7 Å². The van der Waals surface area contributed by atoms with Crippen LogP contribution in [0, 0.1) is 5.82 Å². The number of fused-ring (bicyclic) bond motifs is 3. The molecule has 3 saturated heterocycles. The van der Waals surface area contributed by atoms with Crippen LogP contribution in [0.3, 0.4) is 0 Å². The van der Waals surface area contributed by atoms with Gasteiger partial charge in [0, 0.05) is 100 Å². The number of pyridine rings is 1. The van der Waals surface area contributed by atoms with Crippen molar-refractivity contribution in [1.82, 2.24) is 35.6 Å². The van der Waals surface area contributed by atoms with E-state index in [-0.39, 0.29) is 43.1 Å². The molecule has 11 nitrogen and oxygen atoms in total. The van der Waals surface area contributed by atoms with E-state index in [1.54, 1.807) is 12.1 Å². The number of nitrogens with zero attached hydrogens (tertiary/aromatic N) is 4. The zero-order valence-electron chi connectivity index (χ0n) is 29.6. The van der Waals surface area contributed by atoms with Gasteiger partial charge in [-0.2, -0.15) is 5.10 Å². The number of hydrogen-bond donors (Lipinski definition) is 4. The Hall–Kier alpha value is -4.39. The van der Waals surface area contributed by atoms with E-state index >= 15 is 4.39 Å². The van der Waals surface area contributed by atoms with Crippen molar-refractivity contribution in [3.63, 3.8) is 0 Å². The van der Waals surface area contributed by atoms with Crippen LogP contribution >= 0.6 is 0 Å². The summed E-state index contributed by atoms with van der Waals surface area (Å²) in [5.41, 5.74) is 6.95. The Morgan fingerprint density at radius 2 is 1.82 bits per heavy atom. The van der Waals surface area contributed by atoms with Crippen molar-refractivity contribution in [2.24, 2.45) is 0 Å². The van der Waals surface area contributed by atoms with Crippen molar-refractivity contribution < 1.29 is 18.7 Å². The Balaban J connectivity index is 0.939. The van der Waals surface area contributed by atoms with Gasteiger partial charge in [0.15, 0.2) is 5.65 Å². The number of ether oxygens (including phenoxy) is 1. The van der Waals surface area contributed by atoms with Crippen LogP contribution in [0.2, 0.25) is 0 Å². The van der Waals surface area contributed by atoms with Crippen molar-refractivity contribution >= 4 is 28.5 Å². The predicted octanol–water partition coefficient (Wildman–Crippen LogP) is 4.67. The number of anilines is 1. The Morgan fingerprint density at radius 3 is 2.55 bits per heavy atom. The molecule has 7 rings (SSSR count). The van der Waals surface area contributed by atoms with Crippen LogP contribution < -0.4 is 21.3 Å². The van der Waals surface area contributed by atoms with E-state index in [1.165, 1.54) is 18.1 Å². The average molecular weight is 697 g/mol. The highest BCUT2D eigenvalue weighted by Crippen LogP contribution is 2.32. The molecule has 0 spiro atoms. The summed E-state index contributed by atoms with van der Waals surface area (Å²) in [6.45, 7) is 9.72. The van der Waals surface area contributed by atoms with Gasteiger partial charge < -0.3 is 26.0 Å². The molecule has 0 unspecified atom stereocenters. The molecule has 4 aromatic rings. The minimum Gasteiger partial charge on any atom is -0.381 e. The maximum Gasteiger partial charge on any atom is 0.220 e. The zero-order valence-corrected chi connectivity index (χ0v) is 29.6. The number of nitrogens with one attached hydrogen (secondary N) is 4. The second-order valence-corrected chi connectivity index (χ2v) is 14.0. The van der Waals surface area contributed by atoms with Crippen LogP contribution in [0.15, 0.2) is 48.7 Å². The first-order chi connectivity index (χ1) is 24.9. The molecule has 2 atom stereocenters. The first-order valence-corrected chi connectivity index (χ1v) is 18.5. The van der Waals surface area contributed by atoms with Gasteiger partial charge in [-0.1, -0.05) is 31.2 Å². The number of benzene rings is 2. The molecule has 3 aliphatic rings. The third-order valence-corrected chi connectivity index (χ3v) is 10.5. The molecule has 3 aliphatic heterocycles. The molecule has 2 bridgehead atoms. The highest BCUT2D eigenvalue weighted by atomic mass is 19.1. The van der Waals surface area contributed by atoms with Crippen LogP contribution in [-0.4, -0.2) is 75.9 Å². The molecule has 0 aliphatic carbocycles. The van der Waals surface area contributed by atoms with Crippen molar-refractivity contribution in [2.75, 3.05) is 31.6 Å². The average Bonchev–Trinajstić information content (AvgIpc) is 3.90. The number of piperazine rings is 1. The van der Waals surface area contributed by atoms with Gasteiger partial charge in [0.25, 0.3) is 0 Å². The van der Waals surface area contributed by atoms with Crippen LogP contribution in [0.4, 0.5) is 10.1 Å². The maximum absolute atomic E-state index is 15.0. The number of hydrogen-bond acceptors (Lipinski definition) is 8. The van der Waals surface area contributed by atoms with Gasteiger partial charge in [0.2, 0.25) is 11.8 Å². The van der Waals surface area contributed by atoms with E-state index in [9.17, 15) is 9.59 Å². The zero-order chi connectivity index (χ0) is 35.3. The first-order valence-electron chi connectivity index (χ1n) is 18.5. The number of carbonyl (C=O) groups excluding carboxylic acids is 2. The second-order valence-electron chi connectivity index (χ2n) is 14.0. The van der Waals surface area contributed by atoms with E-state index in [2.05, 4.69) is 50.3 Å². The number of aromatic nitrogens is 3. The van der Waals surface area contributed by atoms with E-state index in [0.29, 0.717) is 50.4 Å². The number of aryl methyl sites for hydroxylation is 2. The molecule has 0 radical (unpaired) electrons. The smallest absolute Gasteiger partial charge is 0.220 e. The molecule has 4 N–H and O–H groups in total. The standard InChI is InChI=1S/C39H49FN8O3/c1-3-35-32(38(45-28-12-14-51-15-13-28)33-22-44-48(4-2)39(33)46-35)21-43-37(50)11-10-36(49)42-19-25-8-9-34(40)31(17-25)27-7-5-6-26(16-27)23-47-24-29-18-30(47)20-41-29/h5-9,16-17,22,28-30,41H,3-4,10-15,18-21,23-24H2,1-2H3,(H,42,49)(H,43,50)(H,45,46)/t29-,30-/m0/s1. The van der Waals surface area contributed by atoms with E-state index in [1.807, 2.05) is 29.9 Å². The van der Waals surface area contributed by atoms with Crippen molar-refractivity contribution in [1.29, 1.82) is 0 Å². The molecule has 2 aromatic heterocycles. The summed E-state index contributed by atoms with van der Waals surface area (Å²) in [5, 5.41) is 18.7. The summed E-state index contributed by atoms with van der Waals surface area (Å²) in [6.07, 6.45) is 5.65. The summed E-state index contributed by atoms with van der Waals surface area (Å²) >= 11 is 0. The molecule has 2 amide bonds. The molecule has 12 heteroatoms. The molecule has 5 heterocycles. The molecular formula is C39H49FN8O3. The fourth-order valence-corrected chi connectivity index (χ4v) is 7.71. The van der Waals surface area contributed by atoms with Crippen LogP contribution in [0.5, 0.6) is 0 Å². The number of carbonyl (C=O) groups is 2. The van der Waals surface area contributed by atoms with E-state index in [4.69, 9.17) is 9.72 Å².